The van der Waals surface area contributed by atoms with Gasteiger partial charge in [0.15, 0.2) is 0 Å². The average Bonchev–Trinajstić information content (AvgIpc) is 2.73. The third kappa shape index (κ3) is 4.49. The number of aryl methyl sites for hydroxylation is 2. The molecule has 0 aromatic carbocycles. The first kappa shape index (κ1) is 17.5. The smallest absolute Gasteiger partial charge is 0.0849 e. The van der Waals surface area contributed by atoms with Crippen molar-refractivity contribution >= 4 is 11.6 Å². The van der Waals surface area contributed by atoms with E-state index in [2.05, 4.69) is 49.7 Å². The van der Waals surface area contributed by atoms with E-state index in [0.717, 1.165) is 43.2 Å². The Labute approximate surface area is 129 Å². The van der Waals surface area contributed by atoms with Crippen molar-refractivity contribution < 1.29 is 0 Å². The number of nitrogens with one attached hydrogen (secondary N) is 1. The van der Waals surface area contributed by atoms with Crippen LogP contribution in [-0.2, 0) is 19.4 Å². The van der Waals surface area contributed by atoms with Crippen molar-refractivity contribution in [2.24, 2.45) is 11.8 Å². The number of hydrogen-bond acceptors (Lipinski definition) is 2. The van der Waals surface area contributed by atoms with Crippen molar-refractivity contribution in [2.75, 3.05) is 13.1 Å². The molecule has 3 nitrogen and oxygen atoms in total. The van der Waals surface area contributed by atoms with Crippen LogP contribution in [-0.4, -0.2) is 22.9 Å². The van der Waals surface area contributed by atoms with Crippen LogP contribution in [0.5, 0.6) is 0 Å². The highest BCUT2D eigenvalue weighted by atomic mass is 35.5. The zero-order valence-corrected chi connectivity index (χ0v) is 14.4. The van der Waals surface area contributed by atoms with Gasteiger partial charge in [-0.1, -0.05) is 39.3 Å². The van der Waals surface area contributed by atoms with Gasteiger partial charge in [0.1, 0.15) is 0 Å². The highest BCUT2D eigenvalue weighted by Crippen LogP contribution is 2.26. The highest BCUT2D eigenvalue weighted by molar-refractivity contribution is 6.31. The third-order valence-electron chi connectivity index (χ3n) is 3.93. The minimum atomic E-state index is 0.603. The van der Waals surface area contributed by atoms with Gasteiger partial charge in [0.05, 0.1) is 16.4 Å². The van der Waals surface area contributed by atoms with Gasteiger partial charge < -0.3 is 5.32 Å². The number of nitrogens with zero attached hydrogens (tertiary/aromatic N) is 2. The van der Waals surface area contributed by atoms with E-state index in [4.69, 9.17) is 11.6 Å². The molecule has 20 heavy (non-hydrogen) atoms. The van der Waals surface area contributed by atoms with Gasteiger partial charge >= 0.3 is 0 Å². The monoisotopic (exact) mass is 299 g/mol. The van der Waals surface area contributed by atoms with Gasteiger partial charge in [0.25, 0.3) is 0 Å². The van der Waals surface area contributed by atoms with E-state index >= 15 is 0 Å². The van der Waals surface area contributed by atoms with Crippen molar-refractivity contribution in [1.29, 1.82) is 0 Å². The van der Waals surface area contributed by atoms with Gasteiger partial charge in [-0.05, 0) is 51.1 Å². The first-order valence-corrected chi connectivity index (χ1v) is 8.37. The number of rotatable bonds is 9. The van der Waals surface area contributed by atoms with Crippen molar-refractivity contribution in [2.45, 2.75) is 60.4 Å². The van der Waals surface area contributed by atoms with Crippen LogP contribution in [0.2, 0.25) is 5.02 Å². The molecule has 0 amide bonds. The predicted octanol–water partition coefficient (Wildman–Crippen LogP) is 3.93. The lowest BCUT2D eigenvalue weighted by Crippen LogP contribution is -2.29. The molecule has 1 atom stereocenters. The first-order valence-electron chi connectivity index (χ1n) is 7.99. The largest absolute Gasteiger partial charge is 0.316 e. The minimum absolute atomic E-state index is 0.603. The summed E-state index contributed by atoms with van der Waals surface area (Å²) in [4.78, 5) is 0. The Bertz CT molecular complexity index is 399. The van der Waals surface area contributed by atoms with Gasteiger partial charge in [-0.25, -0.2) is 0 Å². The normalized spacial score (nSPS) is 13.2. The second-order valence-electron chi connectivity index (χ2n) is 5.79. The van der Waals surface area contributed by atoms with Gasteiger partial charge in [-0.2, -0.15) is 5.10 Å². The second-order valence-corrected chi connectivity index (χ2v) is 6.17. The molecule has 0 aliphatic rings. The van der Waals surface area contributed by atoms with Crippen LogP contribution < -0.4 is 5.32 Å². The molecule has 1 aromatic rings. The number of halogens is 1. The molecule has 0 bridgehead atoms. The van der Waals surface area contributed by atoms with E-state index < -0.39 is 0 Å². The predicted molar refractivity (Wildman–Crippen MR) is 87.5 cm³/mol. The van der Waals surface area contributed by atoms with Crippen molar-refractivity contribution in [3.8, 4) is 0 Å². The molecule has 4 heteroatoms. The van der Waals surface area contributed by atoms with Crippen LogP contribution in [0.3, 0.4) is 0 Å². The SMILES string of the molecule is CCCNCC(Cc1c(Cl)c(CC)nn1CC)C(C)C. The number of aromatic nitrogens is 2. The quantitative estimate of drug-likeness (QED) is 0.700. The Morgan fingerprint density at radius 2 is 1.95 bits per heavy atom. The van der Waals surface area contributed by atoms with Gasteiger partial charge in [0, 0.05) is 6.54 Å². The third-order valence-corrected chi connectivity index (χ3v) is 4.36. The van der Waals surface area contributed by atoms with Gasteiger partial charge in [-0.3, -0.25) is 4.68 Å². The molecule has 1 heterocycles. The standard InChI is InChI=1S/C16H30ClN3/c1-6-9-18-11-13(12(4)5)10-15-16(17)14(7-2)19-20(15)8-3/h12-13,18H,6-11H2,1-5H3. The Hall–Kier alpha value is -0.540. The summed E-state index contributed by atoms with van der Waals surface area (Å²) in [5, 5.41) is 9.05. The maximum atomic E-state index is 6.51. The lowest BCUT2D eigenvalue weighted by atomic mass is 9.90. The fourth-order valence-electron chi connectivity index (χ4n) is 2.47. The molecule has 0 spiro atoms. The fourth-order valence-corrected chi connectivity index (χ4v) is 2.81. The molecular formula is C16H30ClN3. The fraction of sp³-hybridized carbons (Fsp3) is 0.812. The zero-order chi connectivity index (χ0) is 15.1. The minimum Gasteiger partial charge on any atom is -0.316 e. The average molecular weight is 300 g/mol. The van der Waals surface area contributed by atoms with E-state index in [1.54, 1.807) is 0 Å². The molecular weight excluding hydrogens is 270 g/mol. The molecule has 1 N–H and O–H groups in total. The topological polar surface area (TPSA) is 29.9 Å². The van der Waals surface area contributed by atoms with Crippen LogP contribution in [0.15, 0.2) is 0 Å². The summed E-state index contributed by atoms with van der Waals surface area (Å²) in [5.74, 6) is 1.24. The summed E-state index contributed by atoms with van der Waals surface area (Å²) in [6.45, 7) is 14.1. The molecule has 0 fully saturated rings. The Morgan fingerprint density at radius 3 is 2.45 bits per heavy atom. The van der Waals surface area contributed by atoms with E-state index in [1.165, 1.54) is 12.1 Å². The van der Waals surface area contributed by atoms with Crippen LogP contribution in [0.1, 0.15) is 52.4 Å². The second kappa shape index (κ2) is 8.68. The van der Waals surface area contributed by atoms with E-state index in [0.29, 0.717) is 11.8 Å². The van der Waals surface area contributed by atoms with Crippen molar-refractivity contribution in [1.82, 2.24) is 15.1 Å². The first-order chi connectivity index (χ1) is 9.54. The van der Waals surface area contributed by atoms with Gasteiger partial charge in [0.2, 0.25) is 0 Å². The summed E-state index contributed by atoms with van der Waals surface area (Å²) in [6, 6.07) is 0. The zero-order valence-electron chi connectivity index (χ0n) is 13.7. The maximum absolute atomic E-state index is 6.51. The molecule has 0 aliphatic carbocycles. The van der Waals surface area contributed by atoms with Crippen LogP contribution >= 0.6 is 11.6 Å². The van der Waals surface area contributed by atoms with E-state index in [9.17, 15) is 0 Å². The molecule has 0 radical (unpaired) electrons. The molecule has 1 aromatic heterocycles. The van der Waals surface area contributed by atoms with E-state index in [-0.39, 0.29) is 0 Å². The molecule has 0 saturated heterocycles. The highest BCUT2D eigenvalue weighted by Gasteiger charge is 2.20. The van der Waals surface area contributed by atoms with Crippen LogP contribution in [0.25, 0.3) is 0 Å². The van der Waals surface area contributed by atoms with Crippen LogP contribution in [0, 0.1) is 11.8 Å². The molecule has 116 valence electrons. The van der Waals surface area contributed by atoms with Crippen molar-refractivity contribution in [3.63, 3.8) is 0 Å². The Morgan fingerprint density at radius 1 is 1.25 bits per heavy atom. The summed E-state index contributed by atoms with van der Waals surface area (Å²) in [6.07, 6.45) is 3.09. The van der Waals surface area contributed by atoms with Gasteiger partial charge in [-0.15, -0.1) is 0 Å². The summed E-state index contributed by atoms with van der Waals surface area (Å²) in [5.41, 5.74) is 2.25. The lowest BCUT2D eigenvalue weighted by Gasteiger charge is -2.22. The maximum Gasteiger partial charge on any atom is 0.0849 e. The summed E-state index contributed by atoms with van der Waals surface area (Å²) in [7, 11) is 0. The molecule has 1 rings (SSSR count). The lowest BCUT2D eigenvalue weighted by molar-refractivity contribution is 0.352. The Balaban J connectivity index is 2.84. The van der Waals surface area contributed by atoms with Crippen LogP contribution in [0.4, 0.5) is 0 Å². The summed E-state index contributed by atoms with van der Waals surface area (Å²) < 4.78 is 2.08. The Kier molecular flexibility index (Phi) is 7.60. The molecule has 0 aliphatic heterocycles. The number of hydrogen-bond donors (Lipinski definition) is 1. The molecule has 0 saturated carbocycles. The summed E-state index contributed by atoms with van der Waals surface area (Å²) >= 11 is 6.51. The van der Waals surface area contributed by atoms with E-state index in [1.807, 2.05) is 0 Å². The van der Waals surface area contributed by atoms with Crippen molar-refractivity contribution in [3.05, 3.63) is 16.4 Å². The molecule has 1 unspecified atom stereocenters.